The molecule has 2 rings (SSSR count). The highest BCUT2D eigenvalue weighted by atomic mass is 32.1. The number of hydrogen-bond acceptors (Lipinski definition) is 6. The summed E-state index contributed by atoms with van der Waals surface area (Å²) in [4.78, 5) is 30.6. The van der Waals surface area contributed by atoms with Crippen LogP contribution in [0, 0.1) is 24.2 Å². The van der Waals surface area contributed by atoms with E-state index in [9.17, 15) is 19.8 Å². The number of carbonyl (C=O) groups excluding carboxylic acids is 2. The van der Waals surface area contributed by atoms with E-state index < -0.39 is 23.5 Å². The number of ketones is 1. The van der Waals surface area contributed by atoms with E-state index in [2.05, 4.69) is 23.3 Å². The maximum absolute atomic E-state index is 13.2. The Balaban J connectivity index is 2.33. The molecule has 0 saturated carbocycles. The number of aliphatic hydroxyl groups is 2. The van der Waals surface area contributed by atoms with Crippen LogP contribution in [-0.2, 0) is 9.59 Å². The van der Waals surface area contributed by atoms with E-state index in [1.165, 1.54) is 5.57 Å². The first-order valence-electron chi connectivity index (χ1n) is 12.3. The zero-order chi connectivity index (χ0) is 25.6. The zero-order valence-electron chi connectivity index (χ0n) is 21.7. The Morgan fingerprint density at radius 3 is 2.53 bits per heavy atom. The minimum atomic E-state index is -1.15. The highest BCUT2D eigenvalue weighted by Gasteiger charge is 2.42. The van der Waals surface area contributed by atoms with Crippen LogP contribution in [0.4, 0.5) is 0 Å². The molecule has 7 heteroatoms. The standard InChI is InChI=1S/C27H42N2O4S/c1-16-9-8-10-17(2)25(32)19(4)26(33)27(6,7)23(30)14-24(31)29-22(12-11-16)18(3)13-21-15-34-20(5)28-21/h11,13,15,17,19,22-23,25,30,32H,8-10,12,14H2,1-7H3,(H,29,31)/b16-11+,18-13+/t17-,19+,22-,23-,25-/m0/s1. The van der Waals surface area contributed by atoms with Gasteiger partial charge >= 0.3 is 0 Å². The lowest BCUT2D eigenvalue weighted by Gasteiger charge is -2.34. The molecule has 3 N–H and O–H groups in total. The number of aryl methyl sites for hydroxylation is 1. The second kappa shape index (κ2) is 12.2. The fourth-order valence-corrected chi connectivity index (χ4v) is 5.09. The van der Waals surface area contributed by atoms with Crippen molar-refractivity contribution in [1.29, 1.82) is 0 Å². The molecule has 0 radical (unpaired) electrons. The summed E-state index contributed by atoms with van der Waals surface area (Å²) in [5.74, 6) is -1.18. The minimum absolute atomic E-state index is 0.0320. The first kappa shape index (κ1) is 28.4. The van der Waals surface area contributed by atoms with E-state index in [1.807, 2.05) is 32.2 Å². The fraction of sp³-hybridized carbons (Fsp3) is 0.667. The molecule has 1 aliphatic heterocycles. The number of hydrogen-bond donors (Lipinski definition) is 3. The molecule has 0 unspecified atom stereocenters. The maximum Gasteiger partial charge on any atom is 0.223 e. The summed E-state index contributed by atoms with van der Waals surface area (Å²) in [6.45, 7) is 13.0. The van der Waals surface area contributed by atoms with Crippen molar-refractivity contribution in [3.8, 4) is 0 Å². The molecule has 0 aliphatic carbocycles. The fourth-order valence-electron chi connectivity index (χ4n) is 4.52. The maximum atomic E-state index is 13.2. The van der Waals surface area contributed by atoms with Crippen LogP contribution < -0.4 is 5.32 Å². The van der Waals surface area contributed by atoms with Crippen molar-refractivity contribution in [3.63, 3.8) is 0 Å². The normalized spacial score (nSPS) is 32.1. The van der Waals surface area contributed by atoms with Gasteiger partial charge in [-0.15, -0.1) is 11.3 Å². The van der Waals surface area contributed by atoms with E-state index in [4.69, 9.17) is 0 Å². The lowest BCUT2D eigenvalue weighted by molar-refractivity contribution is -0.143. The summed E-state index contributed by atoms with van der Waals surface area (Å²) in [6.07, 6.45) is 5.30. The first-order chi connectivity index (χ1) is 15.8. The van der Waals surface area contributed by atoms with Gasteiger partial charge in [-0.3, -0.25) is 9.59 Å². The van der Waals surface area contributed by atoms with Crippen LogP contribution in [0.25, 0.3) is 6.08 Å². The van der Waals surface area contributed by atoms with Crippen molar-refractivity contribution in [3.05, 3.63) is 33.3 Å². The quantitative estimate of drug-likeness (QED) is 0.515. The van der Waals surface area contributed by atoms with Gasteiger partial charge in [0.05, 0.1) is 40.8 Å². The molecule has 1 aliphatic rings. The predicted octanol–water partition coefficient (Wildman–Crippen LogP) is 4.84. The average Bonchev–Trinajstić information content (AvgIpc) is 3.18. The minimum Gasteiger partial charge on any atom is -0.392 e. The highest BCUT2D eigenvalue weighted by molar-refractivity contribution is 7.09. The molecule has 0 saturated heterocycles. The summed E-state index contributed by atoms with van der Waals surface area (Å²) >= 11 is 1.58. The molecular weight excluding hydrogens is 448 g/mol. The molecule has 1 amide bonds. The Kier molecular flexibility index (Phi) is 10.2. The summed E-state index contributed by atoms with van der Waals surface area (Å²) in [5, 5.41) is 27.7. The summed E-state index contributed by atoms with van der Waals surface area (Å²) < 4.78 is 0. The third-order valence-electron chi connectivity index (χ3n) is 7.19. The van der Waals surface area contributed by atoms with Crippen LogP contribution >= 0.6 is 11.3 Å². The molecular formula is C27H42N2O4S. The second-order valence-corrected chi connectivity index (χ2v) is 11.6. The van der Waals surface area contributed by atoms with Gasteiger partial charge in [0, 0.05) is 11.3 Å². The molecule has 0 bridgehead atoms. The molecule has 0 spiro atoms. The van der Waals surface area contributed by atoms with Crippen molar-refractivity contribution in [2.24, 2.45) is 17.3 Å². The molecule has 190 valence electrons. The first-order valence-corrected chi connectivity index (χ1v) is 13.2. The van der Waals surface area contributed by atoms with E-state index >= 15 is 0 Å². The van der Waals surface area contributed by atoms with E-state index in [-0.39, 0.29) is 30.1 Å². The highest BCUT2D eigenvalue weighted by Crippen LogP contribution is 2.32. The Morgan fingerprint density at radius 2 is 1.91 bits per heavy atom. The van der Waals surface area contributed by atoms with Crippen LogP contribution in [0.15, 0.2) is 22.6 Å². The van der Waals surface area contributed by atoms with Crippen molar-refractivity contribution in [2.45, 2.75) is 98.8 Å². The number of aliphatic hydroxyl groups excluding tert-OH is 2. The molecule has 1 aromatic heterocycles. The Labute approximate surface area is 208 Å². The Bertz CT molecular complexity index is 917. The molecule has 1 aromatic rings. The topological polar surface area (TPSA) is 99.5 Å². The number of amides is 1. The van der Waals surface area contributed by atoms with Gasteiger partial charge in [0.25, 0.3) is 0 Å². The number of allylic oxidation sites excluding steroid dienone is 1. The Hall–Kier alpha value is -1.83. The average molecular weight is 491 g/mol. The summed E-state index contributed by atoms with van der Waals surface area (Å²) in [7, 11) is 0. The van der Waals surface area contributed by atoms with Crippen LogP contribution in [0.2, 0.25) is 0 Å². The number of nitrogens with one attached hydrogen (secondary N) is 1. The van der Waals surface area contributed by atoms with Gasteiger partial charge < -0.3 is 15.5 Å². The number of aromatic nitrogens is 1. The number of Topliss-reactive ketones (excluding diaryl/α,β-unsaturated/α-hetero) is 1. The second-order valence-electron chi connectivity index (χ2n) is 10.5. The molecule has 0 aromatic carbocycles. The monoisotopic (exact) mass is 490 g/mol. The lowest BCUT2D eigenvalue weighted by atomic mass is 9.73. The van der Waals surface area contributed by atoms with E-state index in [0.29, 0.717) is 6.42 Å². The van der Waals surface area contributed by atoms with Gasteiger partial charge in [0.15, 0.2) is 0 Å². The SMILES string of the molecule is C/C1=C\C[C@@H](/C(C)=C/c2csc(C)n2)NC(=O)C[C@H](O)C(C)(C)C(=O)[C@H](C)[C@@H](O)[C@@H](C)CCC1. The zero-order valence-corrected chi connectivity index (χ0v) is 22.5. The summed E-state index contributed by atoms with van der Waals surface area (Å²) in [5.41, 5.74) is 1.94. The Morgan fingerprint density at radius 1 is 1.24 bits per heavy atom. The molecule has 2 heterocycles. The van der Waals surface area contributed by atoms with Gasteiger partial charge in [-0.2, -0.15) is 0 Å². The van der Waals surface area contributed by atoms with Crippen LogP contribution in [0.5, 0.6) is 0 Å². The molecule has 34 heavy (non-hydrogen) atoms. The largest absolute Gasteiger partial charge is 0.392 e. The number of carbonyl (C=O) groups is 2. The van der Waals surface area contributed by atoms with Crippen LogP contribution in [-0.4, -0.2) is 45.1 Å². The summed E-state index contributed by atoms with van der Waals surface area (Å²) in [6, 6.07) is -0.233. The third-order valence-corrected chi connectivity index (χ3v) is 7.98. The van der Waals surface area contributed by atoms with Gasteiger partial charge in [-0.1, -0.05) is 39.3 Å². The lowest BCUT2D eigenvalue weighted by Crippen LogP contribution is -2.47. The van der Waals surface area contributed by atoms with Gasteiger partial charge in [0.2, 0.25) is 5.91 Å². The molecule has 0 fully saturated rings. The van der Waals surface area contributed by atoms with Crippen LogP contribution in [0.3, 0.4) is 0 Å². The van der Waals surface area contributed by atoms with Gasteiger partial charge in [-0.25, -0.2) is 4.98 Å². The van der Waals surface area contributed by atoms with Gasteiger partial charge in [0.1, 0.15) is 5.78 Å². The van der Waals surface area contributed by atoms with Crippen molar-refractivity contribution in [1.82, 2.24) is 10.3 Å². The number of thiazole rings is 1. The molecule has 6 nitrogen and oxygen atoms in total. The molecule has 5 atom stereocenters. The van der Waals surface area contributed by atoms with Crippen LogP contribution in [0.1, 0.15) is 84.3 Å². The van der Waals surface area contributed by atoms with E-state index in [0.717, 1.165) is 35.5 Å². The number of nitrogens with zero attached hydrogens (tertiary/aromatic N) is 1. The van der Waals surface area contributed by atoms with Crippen molar-refractivity contribution < 1.29 is 19.8 Å². The predicted molar refractivity (Wildman–Crippen MR) is 138 cm³/mol. The number of rotatable bonds is 2. The smallest absolute Gasteiger partial charge is 0.223 e. The van der Waals surface area contributed by atoms with Crippen molar-refractivity contribution in [2.75, 3.05) is 0 Å². The van der Waals surface area contributed by atoms with Crippen molar-refractivity contribution >= 4 is 29.1 Å². The van der Waals surface area contributed by atoms with Gasteiger partial charge in [-0.05, 0) is 64.0 Å². The third kappa shape index (κ3) is 7.59. The van der Waals surface area contributed by atoms with E-state index in [1.54, 1.807) is 32.1 Å².